The Labute approximate surface area is 157 Å². The molecule has 3 aromatic rings. The number of nitrogens with zero attached hydrogens (tertiary/aromatic N) is 2. The first kappa shape index (κ1) is 18.4. The van der Waals surface area contributed by atoms with E-state index >= 15 is 0 Å². The number of rotatable bonds is 4. The van der Waals surface area contributed by atoms with Gasteiger partial charge in [0.1, 0.15) is 11.6 Å². The lowest BCUT2D eigenvalue weighted by molar-refractivity contribution is 0.405. The number of hydrogen-bond acceptors (Lipinski definition) is 4. The van der Waals surface area contributed by atoms with Gasteiger partial charge in [0, 0.05) is 10.5 Å². The Balaban J connectivity index is 2.15. The zero-order chi connectivity index (χ0) is 18.8. The SMILES string of the molecule is COc1c(-c2ccc(SC)c(F)c2)cnn(-c2ccc(F)c(Cl)c2)c1=O. The lowest BCUT2D eigenvalue weighted by Crippen LogP contribution is -2.23. The molecular weight excluding hydrogens is 382 g/mol. The second kappa shape index (κ2) is 7.47. The normalized spacial score (nSPS) is 10.8. The first-order valence-electron chi connectivity index (χ1n) is 7.42. The van der Waals surface area contributed by atoms with Crippen molar-refractivity contribution in [1.82, 2.24) is 9.78 Å². The molecule has 0 amide bonds. The van der Waals surface area contributed by atoms with Crippen LogP contribution in [0.15, 0.2) is 52.3 Å². The molecule has 0 bridgehead atoms. The van der Waals surface area contributed by atoms with E-state index in [-0.39, 0.29) is 16.5 Å². The largest absolute Gasteiger partial charge is 0.491 e. The fourth-order valence-electron chi connectivity index (χ4n) is 2.48. The monoisotopic (exact) mass is 394 g/mol. The minimum absolute atomic E-state index is 0.00301. The summed E-state index contributed by atoms with van der Waals surface area (Å²) in [5.74, 6) is -1.00. The fourth-order valence-corrected chi connectivity index (χ4v) is 3.11. The predicted octanol–water partition coefficient (Wildman–Crippen LogP) is 4.56. The molecule has 0 fully saturated rings. The zero-order valence-corrected chi connectivity index (χ0v) is 15.4. The predicted molar refractivity (Wildman–Crippen MR) is 98.5 cm³/mol. The molecule has 3 rings (SSSR count). The summed E-state index contributed by atoms with van der Waals surface area (Å²) in [6.07, 6.45) is 3.17. The van der Waals surface area contributed by atoms with Gasteiger partial charge in [0.05, 0.1) is 24.0 Å². The van der Waals surface area contributed by atoms with E-state index in [2.05, 4.69) is 5.10 Å². The van der Waals surface area contributed by atoms with Crippen LogP contribution >= 0.6 is 23.4 Å². The van der Waals surface area contributed by atoms with Crippen LogP contribution in [-0.4, -0.2) is 23.1 Å². The third-order valence-electron chi connectivity index (χ3n) is 3.75. The topological polar surface area (TPSA) is 44.1 Å². The molecule has 0 N–H and O–H groups in total. The van der Waals surface area contributed by atoms with Gasteiger partial charge in [-0.15, -0.1) is 11.8 Å². The number of ether oxygens (including phenoxy) is 1. The van der Waals surface area contributed by atoms with Crippen LogP contribution in [0.4, 0.5) is 8.78 Å². The first-order chi connectivity index (χ1) is 12.5. The molecule has 0 saturated heterocycles. The van der Waals surface area contributed by atoms with Crippen molar-refractivity contribution in [3.63, 3.8) is 0 Å². The molecule has 0 spiro atoms. The summed E-state index contributed by atoms with van der Waals surface area (Å²) in [5, 5.41) is 3.96. The molecule has 0 atom stereocenters. The second-order valence-electron chi connectivity index (χ2n) is 5.26. The van der Waals surface area contributed by atoms with Gasteiger partial charge in [-0.3, -0.25) is 4.79 Å². The van der Waals surface area contributed by atoms with Crippen LogP contribution in [0.5, 0.6) is 5.75 Å². The maximum absolute atomic E-state index is 14.1. The number of benzene rings is 2. The number of hydrogen-bond donors (Lipinski definition) is 0. The lowest BCUT2D eigenvalue weighted by atomic mass is 10.1. The molecule has 2 aromatic carbocycles. The van der Waals surface area contributed by atoms with Gasteiger partial charge in [-0.25, -0.2) is 8.78 Å². The average molecular weight is 395 g/mol. The molecule has 0 radical (unpaired) electrons. The summed E-state index contributed by atoms with van der Waals surface area (Å²) < 4.78 is 33.7. The van der Waals surface area contributed by atoms with Crippen molar-refractivity contribution in [3.05, 3.63) is 69.6 Å². The van der Waals surface area contributed by atoms with Gasteiger partial charge in [-0.1, -0.05) is 17.7 Å². The van der Waals surface area contributed by atoms with Crippen LogP contribution in [-0.2, 0) is 0 Å². The van der Waals surface area contributed by atoms with Crippen molar-refractivity contribution in [2.45, 2.75) is 4.90 Å². The Kier molecular flexibility index (Phi) is 5.29. The van der Waals surface area contributed by atoms with Crippen LogP contribution in [0.2, 0.25) is 5.02 Å². The van der Waals surface area contributed by atoms with Crippen molar-refractivity contribution in [1.29, 1.82) is 0 Å². The van der Waals surface area contributed by atoms with Crippen LogP contribution < -0.4 is 10.3 Å². The van der Waals surface area contributed by atoms with E-state index in [1.165, 1.54) is 43.3 Å². The molecule has 0 unspecified atom stereocenters. The van der Waals surface area contributed by atoms with Crippen LogP contribution in [0.25, 0.3) is 16.8 Å². The maximum Gasteiger partial charge on any atom is 0.314 e. The molecular formula is C18H13ClF2N2O2S. The van der Waals surface area contributed by atoms with E-state index in [0.717, 1.165) is 10.7 Å². The number of methoxy groups -OCH3 is 1. The minimum Gasteiger partial charge on any atom is -0.491 e. The van der Waals surface area contributed by atoms with Crippen LogP contribution in [0.1, 0.15) is 0 Å². The van der Waals surface area contributed by atoms with E-state index in [0.29, 0.717) is 16.0 Å². The van der Waals surface area contributed by atoms with Gasteiger partial charge in [0.25, 0.3) is 0 Å². The summed E-state index contributed by atoms with van der Waals surface area (Å²) in [7, 11) is 1.34. The molecule has 26 heavy (non-hydrogen) atoms. The average Bonchev–Trinajstić information content (AvgIpc) is 2.63. The van der Waals surface area contributed by atoms with Gasteiger partial charge in [0.2, 0.25) is 0 Å². The van der Waals surface area contributed by atoms with Crippen molar-refractivity contribution < 1.29 is 13.5 Å². The van der Waals surface area contributed by atoms with E-state index in [4.69, 9.17) is 16.3 Å². The zero-order valence-electron chi connectivity index (χ0n) is 13.8. The lowest BCUT2D eigenvalue weighted by Gasteiger charge is -2.12. The highest BCUT2D eigenvalue weighted by Gasteiger charge is 2.16. The van der Waals surface area contributed by atoms with Crippen molar-refractivity contribution in [2.75, 3.05) is 13.4 Å². The van der Waals surface area contributed by atoms with Gasteiger partial charge >= 0.3 is 5.56 Å². The third-order valence-corrected chi connectivity index (χ3v) is 4.81. The van der Waals surface area contributed by atoms with E-state index < -0.39 is 17.2 Å². The van der Waals surface area contributed by atoms with Gasteiger partial charge < -0.3 is 4.74 Å². The van der Waals surface area contributed by atoms with Crippen LogP contribution in [0, 0.1) is 11.6 Å². The van der Waals surface area contributed by atoms with Crippen molar-refractivity contribution in [3.8, 4) is 22.6 Å². The highest BCUT2D eigenvalue weighted by atomic mass is 35.5. The molecule has 1 aromatic heterocycles. The van der Waals surface area contributed by atoms with E-state index in [9.17, 15) is 13.6 Å². The number of thioether (sulfide) groups is 1. The Hall–Kier alpha value is -2.38. The van der Waals surface area contributed by atoms with Crippen molar-refractivity contribution >= 4 is 23.4 Å². The van der Waals surface area contributed by atoms with E-state index in [1.807, 2.05) is 0 Å². The molecule has 134 valence electrons. The Bertz CT molecular complexity index is 1040. The van der Waals surface area contributed by atoms with Crippen LogP contribution in [0.3, 0.4) is 0 Å². The van der Waals surface area contributed by atoms with Gasteiger partial charge in [-0.2, -0.15) is 9.78 Å². The first-order valence-corrected chi connectivity index (χ1v) is 9.02. The molecule has 0 aliphatic heterocycles. The number of halogens is 3. The van der Waals surface area contributed by atoms with Gasteiger partial charge in [0.15, 0.2) is 5.75 Å². The summed E-state index contributed by atoms with van der Waals surface area (Å²) in [4.78, 5) is 13.2. The standard InChI is InChI=1S/C18H13ClF2N2O2S/c1-25-17-12(10-3-6-16(26-2)15(21)7-10)9-22-23(18(17)24)11-4-5-14(20)13(19)8-11/h3-9H,1-2H3. The highest BCUT2D eigenvalue weighted by Crippen LogP contribution is 2.30. The smallest absolute Gasteiger partial charge is 0.314 e. The molecule has 0 aliphatic carbocycles. The molecule has 0 saturated carbocycles. The molecule has 4 nitrogen and oxygen atoms in total. The van der Waals surface area contributed by atoms with Gasteiger partial charge in [-0.05, 0) is 42.2 Å². The Morgan fingerprint density at radius 3 is 2.54 bits per heavy atom. The molecule has 8 heteroatoms. The number of aromatic nitrogens is 2. The quantitative estimate of drug-likeness (QED) is 0.608. The Morgan fingerprint density at radius 1 is 1.15 bits per heavy atom. The Morgan fingerprint density at radius 2 is 1.92 bits per heavy atom. The second-order valence-corrected chi connectivity index (χ2v) is 6.51. The molecule has 0 aliphatic rings. The maximum atomic E-state index is 14.1. The summed E-state index contributed by atoms with van der Waals surface area (Å²) in [6, 6.07) is 8.44. The summed E-state index contributed by atoms with van der Waals surface area (Å²) >= 11 is 7.05. The summed E-state index contributed by atoms with van der Waals surface area (Å²) in [5.41, 5.74) is 0.539. The van der Waals surface area contributed by atoms with E-state index in [1.54, 1.807) is 18.4 Å². The summed E-state index contributed by atoms with van der Waals surface area (Å²) in [6.45, 7) is 0. The third kappa shape index (κ3) is 3.32. The minimum atomic E-state index is -0.601. The highest BCUT2D eigenvalue weighted by molar-refractivity contribution is 7.98. The fraction of sp³-hybridized carbons (Fsp3) is 0.111. The molecule has 1 heterocycles. The van der Waals surface area contributed by atoms with Crippen molar-refractivity contribution in [2.24, 2.45) is 0 Å².